The van der Waals surface area contributed by atoms with Crippen LogP contribution in [0.2, 0.25) is 0 Å². The van der Waals surface area contributed by atoms with E-state index in [1.54, 1.807) is 31.6 Å². The van der Waals surface area contributed by atoms with Gasteiger partial charge in [0.25, 0.3) is 10.0 Å². The van der Waals surface area contributed by atoms with E-state index in [9.17, 15) is 8.42 Å². The van der Waals surface area contributed by atoms with Gasteiger partial charge in [-0.1, -0.05) is 0 Å². The number of ether oxygens (including phenoxy) is 3. The number of morpholine rings is 1. The summed E-state index contributed by atoms with van der Waals surface area (Å²) in [6, 6.07) is 12.1. The Balaban J connectivity index is 0.949. The first kappa shape index (κ1) is 33.9. The first-order valence-corrected chi connectivity index (χ1v) is 18.5. The van der Waals surface area contributed by atoms with Crippen LogP contribution in [0.1, 0.15) is 17.9 Å². The number of nitrogens with one attached hydrogen (secondary N) is 3. The Morgan fingerprint density at radius 3 is 2.54 bits per heavy atom. The van der Waals surface area contributed by atoms with Gasteiger partial charge in [0.05, 0.1) is 37.7 Å². The molecule has 2 aromatic carbocycles. The van der Waals surface area contributed by atoms with Crippen LogP contribution >= 0.6 is 12.2 Å². The smallest absolute Gasteiger partial charge is 0.264 e. The van der Waals surface area contributed by atoms with Crippen molar-refractivity contribution in [2.24, 2.45) is 9.98 Å². The van der Waals surface area contributed by atoms with Gasteiger partial charge in [-0.3, -0.25) is 4.90 Å². The summed E-state index contributed by atoms with van der Waals surface area (Å²) in [5, 5.41) is 7.36. The zero-order valence-electron chi connectivity index (χ0n) is 27.7. The van der Waals surface area contributed by atoms with Gasteiger partial charge in [-0.05, 0) is 60.6 Å². The lowest BCUT2D eigenvalue weighted by atomic mass is 9.95. The summed E-state index contributed by atoms with van der Waals surface area (Å²) in [6.45, 7) is 7.88. The summed E-state index contributed by atoms with van der Waals surface area (Å²) in [5.74, 6) is 2.32. The Kier molecular flexibility index (Phi) is 10.3. The van der Waals surface area contributed by atoms with Crippen molar-refractivity contribution in [2.45, 2.75) is 23.4 Å². The van der Waals surface area contributed by atoms with Crippen molar-refractivity contribution >= 4 is 56.9 Å². The lowest BCUT2D eigenvalue weighted by molar-refractivity contribution is 0.0357. The number of hydrogen-bond acceptors (Lipinski definition) is 13. The molecule has 50 heavy (non-hydrogen) atoms. The van der Waals surface area contributed by atoms with Crippen LogP contribution in [0.15, 0.2) is 69.7 Å². The standard InChI is InChI=1S/C33H40N10O5S2/c1-46-27-21-26-25(20-28(27)48-17-3-10-41-15-18-47-19-16-41)29-30(39-26)36-22-37-31(29)42-11-13-43(14-12-42)33(49)38-23-4-6-24(7-5-23)50(44,45)40-32-34-8-2-9-35-32/h2,4-9,20-22,29-30,39H,3,10-19H2,1H3,(H,38,49)(H,34,35,40). The third kappa shape index (κ3) is 7.60. The minimum atomic E-state index is -3.83. The van der Waals surface area contributed by atoms with Crippen molar-refractivity contribution < 1.29 is 22.6 Å². The molecule has 4 aliphatic heterocycles. The van der Waals surface area contributed by atoms with Gasteiger partial charge in [-0.15, -0.1) is 0 Å². The molecule has 3 N–H and O–H groups in total. The van der Waals surface area contributed by atoms with Crippen molar-refractivity contribution in [2.75, 3.05) is 88.1 Å². The van der Waals surface area contributed by atoms with Crippen molar-refractivity contribution in [1.29, 1.82) is 0 Å². The average Bonchev–Trinajstić information content (AvgIpc) is 3.51. The molecule has 2 atom stereocenters. The number of aromatic nitrogens is 2. The highest BCUT2D eigenvalue weighted by Gasteiger charge is 2.41. The molecular weight excluding hydrogens is 681 g/mol. The van der Waals surface area contributed by atoms with Crippen LogP contribution in [0.3, 0.4) is 0 Å². The van der Waals surface area contributed by atoms with Crippen LogP contribution < -0.4 is 24.8 Å². The molecule has 0 bridgehead atoms. The molecule has 0 saturated carbocycles. The second-order valence-electron chi connectivity index (χ2n) is 12.2. The maximum absolute atomic E-state index is 12.7. The number of hydrogen-bond donors (Lipinski definition) is 3. The minimum absolute atomic E-state index is 0.00935. The van der Waals surface area contributed by atoms with Gasteiger partial charge in [-0.25, -0.2) is 33.1 Å². The second-order valence-corrected chi connectivity index (χ2v) is 14.2. The van der Waals surface area contributed by atoms with Gasteiger partial charge in [0.2, 0.25) is 5.95 Å². The fourth-order valence-corrected chi connectivity index (χ4v) is 7.71. The number of amidine groups is 1. The summed E-state index contributed by atoms with van der Waals surface area (Å²) in [7, 11) is -2.17. The topological polar surface area (TPSA) is 158 Å². The lowest BCUT2D eigenvalue weighted by Crippen LogP contribution is -2.53. The number of aliphatic imine (C=N–C) groups is 2. The molecule has 4 aliphatic rings. The number of rotatable bonds is 10. The Labute approximate surface area is 296 Å². The van der Waals surface area contributed by atoms with E-state index in [0.717, 1.165) is 75.2 Å². The molecule has 3 aromatic rings. The number of thiocarbonyl (C=S) groups is 1. The molecule has 0 spiro atoms. The van der Waals surface area contributed by atoms with Gasteiger partial charge < -0.3 is 34.6 Å². The molecule has 0 radical (unpaired) electrons. The van der Waals surface area contributed by atoms with Gasteiger partial charge in [0, 0.05) is 75.6 Å². The quantitative estimate of drug-likeness (QED) is 0.208. The molecule has 0 amide bonds. The lowest BCUT2D eigenvalue weighted by Gasteiger charge is -2.40. The first-order valence-electron chi connectivity index (χ1n) is 16.6. The fourth-order valence-electron chi connectivity index (χ4n) is 6.45. The van der Waals surface area contributed by atoms with Crippen LogP contribution in [-0.2, 0) is 14.8 Å². The number of anilines is 3. The summed E-state index contributed by atoms with van der Waals surface area (Å²) in [4.78, 5) is 24.2. The molecule has 1 aromatic heterocycles. The van der Waals surface area contributed by atoms with Crippen molar-refractivity contribution in [3.8, 4) is 11.5 Å². The summed E-state index contributed by atoms with van der Waals surface area (Å²) >= 11 is 5.74. The van der Waals surface area contributed by atoms with Crippen LogP contribution in [0.4, 0.5) is 17.3 Å². The van der Waals surface area contributed by atoms with Crippen LogP contribution in [0, 0.1) is 0 Å². The maximum atomic E-state index is 12.7. The Morgan fingerprint density at radius 1 is 1.04 bits per heavy atom. The number of fused-ring (bicyclic) bond motifs is 3. The van der Waals surface area contributed by atoms with Gasteiger partial charge in [0.1, 0.15) is 18.3 Å². The van der Waals surface area contributed by atoms with Crippen molar-refractivity contribution in [3.05, 3.63) is 60.4 Å². The van der Waals surface area contributed by atoms with E-state index in [2.05, 4.69) is 51.1 Å². The van der Waals surface area contributed by atoms with E-state index in [-0.39, 0.29) is 22.9 Å². The Bertz CT molecular complexity index is 1830. The van der Waals surface area contributed by atoms with E-state index in [1.807, 2.05) is 6.07 Å². The van der Waals surface area contributed by atoms with E-state index in [4.69, 9.17) is 31.4 Å². The van der Waals surface area contributed by atoms with E-state index < -0.39 is 10.0 Å². The largest absolute Gasteiger partial charge is 0.493 e. The Hall–Kier alpha value is -4.58. The van der Waals surface area contributed by atoms with Crippen molar-refractivity contribution in [3.63, 3.8) is 0 Å². The summed E-state index contributed by atoms with van der Waals surface area (Å²) < 4.78 is 45.3. The first-order chi connectivity index (χ1) is 24.4. The monoisotopic (exact) mass is 720 g/mol. The molecule has 15 nitrogen and oxygen atoms in total. The summed E-state index contributed by atoms with van der Waals surface area (Å²) in [6.07, 6.45) is 5.33. The predicted octanol–water partition coefficient (Wildman–Crippen LogP) is 2.68. The highest BCUT2D eigenvalue weighted by atomic mass is 32.2. The average molecular weight is 721 g/mol. The molecule has 2 saturated heterocycles. The highest BCUT2D eigenvalue weighted by Crippen LogP contribution is 2.45. The van der Waals surface area contributed by atoms with Crippen LogP contribution in [0.25, 0.3) is 0 Å². The number of benzene rings is 2. The molecule has 2 fully saturated rings. The fraction of sp³-hybridized carbons (Fsp3) is 0.424. The van der Waals surface area contributed by atoms with Crippen molar-refractivity contribution in [1.82, 2.24) is 24.7 Å². The zero-order chi connectivity index (χ0) is 34.5. The van der Waals surface area contributed by atoms with E-state index in [0.29, 0.717) is 36.2 Å². The molecule has 7 rings (SSSR count). The minimum Gasteiger partial charge on any atom is -0.493 e. The van der Waals surface area contributed by atoms with E-state index in [1.165, 1.54) is 24.5 Å². The number of piperazine rings is 1. The number of methoxy groups -OCH3 is 1. The predicted molar refractivity (Wildman–Crippen MR) is 195 cm³/mol. The van der Waals surface area contributed by atoms with Gasteiger partial charge in [-0.2, -0.15) is 0 Å². The summed E-state index contributed by atoms with van der Waals surface area (Å²) in [5.41, 5.74) is 2.74. The number of nitrogens with zero attached hydrogens (tertiary/aromatic N) is 7. The Morgan fingerprint density at radius 2 is 1.80 bits per heavy atom. The molecule has 2 unspecified atom stereocenters. The molecule has 0 aliphatic carbocycles. The van der Waals surface area contributed by atoms with E-state index >= 15 is 0 Å². The van der Waals surface area contributed by atoms with Gasteiger partial charge >= 0.3 is 0 Å². The molecule has 5 heterocycles. The second kappa shape index (κ2) is 15.1. The van der Waals surface area contributed by atoms with Crippen LogP contribution in [-0.4, -0.2) is 129 Å². The van der Waals surface area contributed by atoms with Gasteiger partial charge in [0.15, 0.2) is 16.6 Å². The molecule has 17 heteroatoms. The molecule has 264 valence electrons. The normalized spacial score (nSPS) is 20.3. The number of sulfonamides is 1. The van der Waals surface area contributed by atoms with Crippen LogP contribution in [0.5, 0.6) is 11.5 Å². The zero-order valence-corrected chi connectivity index (χ0v) is 29.3. The molecular formula is C33H40N10O5S2. The SMILES string of the molecule is COc1cc2c(cc1OCCCN1CCOCC1)C1C(N3CCN(C(=S)Nc4ccc(S(=O)(=O)Nc5ncccn5)cc4)CC3)=NC=NC1N2. The third-order valence-electron chi connectivity index (χ3n) is 9.06. The highest BCUT2D eigenvalue weighted by molar-refractivity contribution is 7.92. The third-order valence-corrected chi connectivity index (χ3v) is 10.8. The maximum Gasteiger partial charge on any atom is 0.264 e.